The van der Waals surface area contributed by atoms with Crippen LogP contribution in [0, 0.1) is 5.92 Å². The summed E-state index contributed by atoms with van der Waals surface area (Å²) in [5.41, 5.74) is 0. The molecule has 18 heavy (non-hydrogen) atoms. The second-order valence-electron chi connectivity index (χ2n) is 5.16. The zero-order valence-corrected chi connectivity index (χ0v) is 10.6. The molecule has 0 amide bonds. The van der Waals surface area contributed by atoms with Crippen molar-refractivity contribution in [3.8, 4) is 0 Å². The molecule has 2 aliphatic rings. The fraction of sp³-hybridized carbons (Fsp3) is 1.00. The van der Waals surface area contributed by atoms with E-state index in [0.29, 0.717) is 25.6 Å². The predicted octanol–water partition coefficient (Wildman–Crippen LogP) is 2.06. The van der Waals surface area contributed by atoms with Gasteiger partial charge in [-0.15, -0.1) is 0 Å². The van der Waals surface area contributed by atoms with Gasteiger partial charge in [0.2, 0.25) is 6.30 Å². The topological polar surface area (TPSA) is 21.7 Å². The lowest BCUT2D eigenvalue weighted by atomic mass is 9.98. The summed E-state index contributed by atoms with van der Waals surface area (Å²) < 4.78 is 51.8. The van der Waals surface area contributed by atoms with Crippen molar-refractivity contribution >= 4 is 0 Å². The summed E-state index contributed by atoms with van der Waals surface area (Å²) in [4.78, 5) is 1.22. The van der Waals surface area contributed by atoms with Crippen molar-refractivity contribution in [1.29, 1.82) is 0 Å². The molecule has 0 bridgehead atoms. The second kappa shape index (κ2) is 5.75. The summed E-state index contributed by atoms with van der Waals surface area (Å²) in [7, 11) is 0. The SMILES string of the molecule is CC1CCN(C(F)C(F)(F)C2COCCO2)CC1. The molecule has 0 spiro atoms. The highest BCUT2D eigenvalue weighted by Crippen LogP contribution is 2.33. The number of likely N-dealkylation sites (tertiary alicyclic amines) is 1. The molecule has 0 radical (unpaired) electrons. The Kier molecular flexibility index (Phi) is 4.50. The normalized spacial score (nSPS) is 30.3. The number of hydrogen-bond donors (Lipinski definition) is 0. The Morgan fingerprint density at radius 2 is 1.89 bits per heavy atom. The van der Waals surface area contributed by atoms with E-state index in [4.69, 9.17) is 9.47 Å². The number of piperidine rings is 1. The quantitative estimate of drug-likeness (QED) is 0.731. The fourth-order valence-electron chi connectivity index (χ4n) is 2.36. The monoisotopic (exact) mass is 267 g/mol. The predicted molar refractivity (Wildman–Crippen MR) is 60.4 cm³/mol. The van der Waals surface area contributed by atoms with Gasteiger partial charge in [-0.05, 0) is 18.8 Å². The number of hydrogen-bond acceptors (Lipinski definition) is 3. The summed E-state index contributed by atoms with van der Waals surface area (Å²) in [6, 6.07) is 0. The highest BCUT2D eigenvalue weighted by atomic mass is 19.3. The van der Waals surface area contributed by atoms with Crippen molar-refractivity contribution in [3.63, 3.8) is 0 Å². The Morgan fingerprint density at radius 1 is 1.22 bits per heavy atom. The summed E-state index contributed by atoms with van der Waals surface area (Å²) >= 11 is 0. The molecule has 2 rings (SSSR count). The molecule has 0 saturated carbocycles. The molecule has 0 N–H and O–H groups in total. The Morgan fingerprint density at radius 3 is 2.44 bits per heavy atom. The van der Waals surface area contributed by atoms with Gasteiger partial charge in [-0.1, -0.05) is 6.92 Å². The molecule has 2 saturated heterocycles. The van der Waals surface area contributed by atoms with Gasteiger partial charge in [-0.3, -0.25) is 4.90 Å². The minimum Gasteiger partial charge on any atom is -0.376 e. The van der Waals surface area contributed by atoms with Crippen LogP contribution in [0.5, 0.6) is 0 Å². The zero-order chi connectivity index (χ0) is 13.2. The van der Waals surface area contributed by atoms with Crippen molar-refractivity contribution < 1.29 is 22.6 Å². The van der Waals surface area contributed by atoms with Crippen LogP contribution in [0.25, 0.3) is 0 Å². The van der Waals surface area contributed by atoms with Crippen LogP contribution in [-0.2, 0) is 9.47 Å². The van der Waals surface area contributed by atoms with Crippen LogP contribution in [-0.4, -0.2) is 56.1 Å². The maximum atomic E-state index is 14.0. The van der Waals surface area contributed by atoms with Crippen molar-refractivity contribution in [3.05, 3.63) is 0 Å². The van der Waals surface area contributed by atoms with Gasteiger partial charge in [-0.25, -0.2) is 4.39 Å². The summed E-state index contributed by atoms with van der Waals surface area (Å²) in [6.07, 6.45) is -2.23. The molecule has 2 aliphatic heterocycles. The molecule has 0 aliphatic carbocycles. The van der Waals surface area contributed by atoms with Gasteiger partial charge in [0.25, 0.3) is 0 Å². The summed E-state index contributed by atoms with van der Waals surface area (Å²) in [5.74, 6) is -3.03. The Balaban J connectivity index is 1.95. The van der Waals surface area contributed by atoms with Crippen LogP contribution >= 0.6 is 0 Å². The number of rotatable bonds is 3. The van der Waals surface area contributed by atoms with E-state index < -0.39 is 18.3 Å². The number of ether oxygens (including phenoxy) is 2. The van der Waals surface area contributed by atoms with Gasteiger partial charge < -0.3 is 9.47 Å². The lowest BCUT2D eigenvalue weighted by Gasteiger charge is -2.39. The van der Waals surface area contributed by atoms with Crippen LogP contribution < -0.4 is 0 Å². The third-order valence-corrected chi connectivity index (χ3v) is 3.70. The standard InChI is InChI=1S/C12H20F3NO2/c1-9-2-4-16(5-3-9)11(13)12(14,15)10-8-17-6-7-18-10/h9-11H,2-8H2,1H3. The average Bonchev–Trinajstić information content (AvgIpc) is 2.40. The molecule has 6 heteroatoms. The highest BCUT2D eigenvalue weighted by molar-refractivity contribution is 4.88. The number of nitrogens with zero attached hydrogens (tertiary/aromatic N) is 1. The Labute approximate surface area is 105 Å². The third-order valence-electron chi connectivity index (χ3n) is 3.70. The molecule has 3 nitrogen and oxygen atoms in total. The summed E-state index contributed by atoms with van der Waals surface area (Å²) in [6.45, 7) is 2.98. The first-order valence-corrected chi connectivity index (χ1v) is 6.47. The van der Waals surface area contributed by atoms with E-state index >= 15 is 0 Å². The molecule has 0 aromatic carbocycles. The second-order valence-corrected chi connectivity index (χ2v) is 5.16. The lowest BCUT2D eigenvalue weighted by molar-refractivity contribution is -0.244. The molecule has 2 fully saturated rings. The van der Waals surface area contributed by atoms with Gasteiger partial charge in [0.05, 0.1) is 19.8 Å². The molecular formula is C12H20F3NO2. The van der Waals surface area contributed by atoms with Crippen LogP contribution in [0.1, 0.15) is 19.8 Å². The molecule has 106 valence electrons. The van der Waals surface area contributed by atoms with Crippen LogP contribution in [0.2, 0.25) is 0 Å². The molecule has 2 atom stereocenters. The van der Waals surface area contributed by atoms with E-state index in [1.807, 2.05) is 0 Å². The van der Waals surface area contributed by atoms with Crippen molar-refractivity contribution in [2.45, 2.75) is 38.1 Å². The molecule has 2 heterocycles. The van der Waals surface area contributed by atoms with Crippen molar-refractivity contribution in [2.75, 3.05) is 32.9 Å². The van der Waals surface area contributed by atoms with Gasteiger partial charge in [0, 0.05) is 13.1 Å². The smallest absolute Gasteiger partial charge is 0.319 e. The lowest BCUT2D eigenvalue weighted by Crippen LogP contribution is -2.56. The van der Waals surface area contributed by atoms with E-state index in [9.17, 15) is 13.2 Å². The van der Waals surface area contributed by atoms with Gasteiger partial charge in [-0.2, -0.15) is 8.78 Å². The first-order valence-electron chi connectivity index (χ1n) is 6.47. The first-order chi connectivity index (χ1) is 8.51. The average molecular weight is 267 g/mol. The van der Waals surface area contributed by atoms with Gasteiger partial charge in [0.15, 0.2) is 0 Å². The molecular weight excluding hydrogens is 247 g/mol. The fourth-order valence-corrected chi connectivity index (χ4v) is 2.36. The van der Waals surface area contributed by atoms with E-state index in [1.165, 1.54) is 4.90 Å². The van der Waals surface area contributed by atoms with Crippen molar-refractivity contribution in [1.82, 2.24) is 4.90 Å². The van der Waals surface area contributed by atoms with Crippen LogP contribution in [0.4, 0.5) is 13.2 Å². The highest BCUT2D eigenvalue weighted by Gasteiger charge is 2.52. The van der Waals surface area contributed by atoms with Gasteiger partial charge in [0.1, 0.15) is 6.10 Å². The minimum atomic E-state index is -3.51. The zero-order valence-electron chi connectivity index (χ0n) is 10.6. The minimum absolute atomic E-state index is 0.101. The van der Waals surface area contributed by atoms with E-state index in [2.05, 4.69) is 6.92 Å². The summed E-state index contributed by atoms with van der Waals surface area (Å²) in [5, 5.41) is 0. The van der Waals surface area contributed by atoms with Crippen LogP contribution in [0.15, 0.2) is 0 Å². The van der Waals surface area contributed by atoms with Crippen molar-refractivity contribution in [2.24, 2.45) is 5.92 Å². The van der Waals surface area contributed by atoms with Crippen LogP contribution in [0.3, 0.4) is 0 Å². The largest absolute Gasteiger partial charge is 0.376 e. The molecule has 0 aromatic rings. The maximum Gasteiger partial charge on any atom is 0.319 e. The number of alkyl halides is 3. The van der Waals surface area contributed by atoms with E-state index in [-0.39, 0.29) is 13.2 Å². The Bertz CT molecular complexity index is 264. The third kappa shape index (κ3) is 2.97. The molecule has 2 unspecified atom stereocenters. The number of halogens is 3. The van der Waals surface area contributed by atoms with E-state index in [1.54, 1.807) is 0 Å². The maximum absolute atomic E-state index is 14.0. The first kappa shape index (κ1) is 14.1. The van der Waals surface area contributed by atoms with Gasteiger partial charge >= 0.3 is 5.92 Å². The Hall–Kier alpha value is -0.330. The molecule has 0 aromatic heterocycles. The van der Waals surface area contributed by atoms with E-state index in [0.717, 1.165) is 12.8 Å².